The van der Waals surface area contributed by atoms with Crippen molar-refractivity contribution in [3.05, 3.63) is 52.8 Å². The zero-order valence-corrected chi connectivity index (χ0v) is 13.3. The highest BCUT2D eigenvalue weighted by molar-refractivity contribution is 6.32. The van der Waals surface area contributed by atoms with Crippen LogP contribution in [0.2, 0.25) is 5.02 Å². The van der Waals surface area contributed by atoms with Gasteiger partial charge in [0.25, 0.3) is 0 Å². The van der Waals surface area contributed by atoms with Crippen LogP contribution in [0.25, 0.3) is 5.65 Å². The van der Waals surface area contributed by atoms with Gasteiger partial charge in [-0.05, 0) is 43.7 Å². The van der Waals surface area contributed by atoms with Gasteiger partial charge in [0.2, 0.25) is 0 Å². The number of rotatable bonds is 3. The molecule has 0 aliphatic rings. The van der Waals surface area contributed by atoms with E-state index in [0.29, 0.717) is 22.3 Å². The minimum Gasteiger partial charge on any atom is -0.495 e. The lowest BCUT2D eigenvalue weighted by atomic mass is 10.3. The van der Waals surface area contributed by atoms with Crippen LogP contribution in [0.4, 0.5) is 11.5 Å². The van der Waals surface area contributed by atoms with Crippen LogP contribution < -0.4 is 4.74 Å². The molecule has 0 bridgehead atoms. The molecule has 3 aromatic rings. The van der Waals surface area contributed by atoms with Crippen LogP contribution in [-0.4, -0.2) is 16.5 Å². The Labute approximate surface area is 133 Å². The topological polar surface area (TPSA) is 51.2 Å². The first-order chi connectivity index (χ1) is 10.6. The predicted octanol–water partition coefficient (Wildman–Crippen LogP) is 5.03. The lowest BCUT2D eigenvalue weighted by molar-refractivity contribution is 0.415. The van der Waals surface area contributed by atoms with Gasteiger partial charge < -0.3 is 4.74 Å². The van der Waals surface area contributed by atoms with Crippen LogP contribution in [0.3, 0.4) is 0 Å². The summed E-state index contributed by atoms with van der Waals surface area (Å²) in [4.78, 5) is 4.53. The summed E-state index contributed by atoms with van der Waals surface area (Å²) >= 11 is 6.09. The lowest BCUT2D eigenvalue weighted by Crippen LogP contribution is -1.85. The van der Waals surface area contributed by atoms with Crippen molar-refractivity contribution in [2.24, 2.45) is 10.2 Å². The smallest absolute Gasteiger partial charge is 0.182 e. The van der Waals surface area contributed by atoms with Crippen molar-refractivity contribution in [2.45, 2.75) is 13.8 Å². The Balaban J connectivity index is 2.01. The molecule has 0 aliphatic carbocycles. The van der Waals surface area contributed by atoms with Crippen LogP contribution in [0.1, 0.15) is 11.3 Å². The first-order valence-electron chi connectivity index (χ1n) is 6.79. The highest BCUT2D eigenvalue weighted by Gasteiger charge is 2.09. The first kappa shape index (κ1) is 14.5. The number of hydrogen-bond acceptors (Lipinski definition) is 4. The summed E-state index contributed by atoms with van der Waals surface area (Å²) in [5, 5.41) is 9.08. The molecule has 112 valence electrons. The van der Waals surface area contributed by atoms with E-state index in [1.54, 1.807) is 25.3 Å². The van der Waals surface area contributed by atoms with Crippen molar-refractivity contribution in [3.63, 3.8) is 0 Å². The summed E-state index contributed by atoms with van der Waals surface area (Å²) in [5.41, 5.74) is 3.48. The van der Waals surface area contributed by atoms with E-state index in [2.05, 4.69) is 15.2 Å². The molecule has 1 aromatic carbocycles. The number of nitrogens with zero attached hydrogens (tertiary/aromatic N) is 4. The van der Waals surface area contributed by atoms with Gasteiger partial charge in [0.1, 0.15) is 11.4 Å². The maximum atomic E-state index is 6.09. The zero-order chi connectivity index (χ0) is 15.7. The Hall–Kier alpha value is -2.40. The second-order valence-corrected chi connectivity index (χ2v) is 5.33. The Morgan fingerprint density at radius 2 is 2.00 bits per heavy atom. The van der Waals surface area contributed by atoms with Crippen LogP contribution in [-0.2, 0) is 0 Å². The highest BCUT2D eigenvalue weighted by Crippen LogP contribution is 2.30. The molecule has 0 fully saturated rings. The average molecular weight is 315 g/mol. The van der Waals surface area contributed by atoms with Gasteiger partial charge in [0.15, 0.2) is 5.82 Å². The zero-order valence-electron chi connectivity index (χ0n) is 12.5. The second kappa shape index (κ2) is 5.77. The van der Waals surface area contributed by atoms with Gasteiger partial charge in [0, 0.05) is 6.20 Å². The third kappa shape index (κ3) is 2.55. The van der Waals surface area contributed by atoms with Gasteiger partial charge in [-0.2, -0.15) is 0 Å². The molecule has 0 radical (unpaired) electrons. The van der Waals surface area contributed by atoms with Gasteiger partial charge in [0.05, 0.1) is 23.5 Å². The van der Waals surface area contributed by atoms with Crippen molar-refractivity contribution in [3.8, 4) is 5.75 Å². The molecule has 0 N–H and O–H groups in total. The minimum atomic E-state index is 0.504. The van der Waals surface area contributed by atoms with E-state index in [4.69, 9.17) is 16.3 Å². The number of azo groups is 1. The number of benzene rings is 1. The molecule has 0 spiro atoms. The number of aromatic nitrogens is 2. The van der Waals surface area contributed by atoms with E-state index < -0.39 is 0 Å². The molecule has 0 aliphatic heterocycles. The Morgan fingerprint density at radius 3 is 2.73 bits per heavy atom. The average Bonchev–Trinajstić information content (AvgIpc) is 2.82. The fraction of sp³-hybridized carbons (Fsp3) is 0.188. The number of pyridine rings is 1. The molecule has 0 saturated carbocycles. The van der Waals surface area contributed by atoms with Crippen molar-refractivity contribution >= 4 is 28.8 Å². The number of hydrogen-bond donors (Lipinski definition) is 0. The van der Waals surface area contributed by atoms with Crippen LogP contribution in [0.5, 0.6) is 5.75 Å². The Bertz CT molecular complexity index is 870. The van der Waals surface area contributed by atoms with Gasteiger partial charge in [-0.15, -0.1) is 10.2 Å². The number of halogens is 1. The largest absolute Gasteiger partial charge is 0.495 e. The van der Waals surface area contributed by atoms with E-state index >= 15 is 0 Å². The highest BCUT2D eigenvalue weighted by atomic mass is 35.5. The molecule has 0 saturated heterocycles. The maximum absolute atomic E-state index is 6.09. The summed E-state index contributed by atoms with van der Waals surface area (Å²) in [6.07, 6.45) is 1.93. The minimum absolute atomic E-state index is 0.504. The molecule has 0 atom stereocenters. The Morgan fingerprint density at radius 1 is 1.18 bits per heavy atom. The first-order valence-corrected chi connectivity index (χ1v) is 7.17. The summed E-state index contributed by atoms with van der Waals surface area (Å²) < 4.78 is 7.05. The van der Waals surface area contributed by atoms with Gasteiger partial charge in [-0.1, -0.05) is 17.7 Å². The summed E-state index contributed by atoms with van der Waals surface area (Å²) in [6.45, 7) is 3.94. The summed E-state index contributed by atoms with van der Waals surface area (Å²) in [5.74, 6) is 1.33. The molecule has 2 aromatic heterocycles. The van der Waals surface area contributed by atoms with E-state index in [0.717, 1.165) is 16.9 Å². The van der Waals surface area contributed by atoms with Crippen molar-refractivity contribution in [1.82, 2.24) is 9.38 Å². The fourth-order valence-electron chi connectivity index (χ4n) is 2.25. The third-order valence-electron chi connectivity index (χ3n) is 3.38. The molecule has 3 rings (SSSR count). The maximum Gasteiger partial charge on any atom is 0.182 e. The summed E-state index contributed by atoms with van der Waals surface area (Å²) in [6, 6.07) is 9.27. The van der Waals surface area contributed by atoms with Crippen molar-refractivity contribution < 1.29 is 4.74 Å². The van der Waals surface area contributed by atoms with Crippen LogP contribution >= 0.6 is 11.6 Å². The molecular formula is C16H15ClN4O. The van der Waals surface area contributed by atoms with Crippen molar-refractivity contribution in [1.29, 1.82) is 0 Å². The van der Waals surface area contributed by atoms with E-state index in [1.165, 1.54) is 0 Å². The van der Waals surface area contributed by atoms with Crippen LogP contribution in [0.15, 0.2) is 46.8 Å². The lowest BCUT2D eigenvalue weighted by Gasteiger charge is -2.02. The number of imidazole rings is 1. The summed E-state index contributed by atoms with van der Waals surface area (Å²) in [7, 11) is 1.58. The van der Waals surface area contributed by atoms with E-state index in [-0.39, 0.29) is 0 Å². The number of fused-ring (bicyclic) bond motifs is 1. The molecule has 0 unspecified atom stereocenters. The van der Waals surface area contributed by atoms with Gasteiger partial charge in [-0.25, -0.2) is 4.98 Å². The standard InChI is InChI=1S/C16H15ClN4O/c1-10-5-4-8-21-15(10)18-11(2)16(21)20-19-12-6-7-14(22-3)13(17)9-12/h4-9H,1-3H3. The Kier molecular flexibility index (Phi) is 3.81. The molecule has 0 amide bonds. The fourth-order valence-corrected chi connectivity index (χ4v) is 2.50. The number of methoxy groups -OCH3 is 1. The van der Waals surface area contributed by atoms with Gasteiger partial charge in [-0.3, -0.25) is 4.40 Å². The SMILES string of the molecule is COc1ccc(N=Nc2c(C)nc3c(C)cccn23)cc1Cl. The normalized spacial score (nSPS) is 11.5. The molecular weight excluding hydrogens is 300 g/mol. The second-order valence-electron chi connectivity index (χ2n) is 4.92. The molecule has 2 heterocycles. The molecule has 6 heteroatoms. The monoisotopic (exact) mass is 314 g/mol. The quantitative estimate of drug-likeness (QED) is 0.637. The van der Waals surface area contributed by atoms with Gasteiger partial charge >= 0.3 is 0 Å². The van der Waals surface area contributed by atoms with Crippen molar-refractivity contribution in [2.75, 3.05) is 7.11 Å². The van der Waals surface area contributed by atoms with E-state index in [9.17, 15) is 0 Å². The molecule has 5 nitrogen and oxygen atoms in total. The van der Waals surface area contributed by atoms with E-state index in [1.807, 2.05) is 36.6 Å². The third-order valence-corrected chi connectivity index (χ3v) is 3.68. The number of ether oxygens (including phenoxy) is 1. The number of aryl methyl sites for hydroxylation is 2. The molecule has 22 heavy (non-hydrogen) atoms. The van der Waals surface area contributed by atoms with Crippen LogP contribution in [0, 0.1) is 13.8 Å². The predicted molar refractivity (Wildman–Crippen MR) is 86.8 cm³/mol.